The summed E-state index contributed by atoms with van der Waals surface area (Å²) in [6, 6.07) is 7.79. The summed E-state index contributed by atoms with van der Waals surface area (Å²) in [7, 11) is 0. The molecule has 3 aromatic rings. The van der Waals surface area contributed by atoms with Crippen molar-refractivity contribution in [3.05, 3.63) is 81.8 Å². The van der Waals surface area contributed by atoms with E-state index in [1.807, 2.05) is 31.2 Å². The fraction of sp³-hybridized carbons (Fsp3) is 0.375. The first-order valence-electron chi connectivity index (χ1n) is 10.7. The number of aromatic nitrogens is 4. The van der Waals surface area contributed by atoms with Gasteiger partial charge in [-0.05, 0) is 19.8 Å². The highest BCUT2D eigenvalue weighted by Gasteiger charge is 2.07. The first-order chi connectivity index (χ1) is 15.1. The smallest absolute Gasteiger partial charge is 0.255 e. The summed E-state index contributed by atoms with van der Waals surface area (Å²) in [6.07, 6.45) is 12.8. The van der Waals surface area contributed by atoms with Crippen LogP contribution in [0.2, 0.25) is 0 Å². The van der Waals surface area contributed by atoms with Crippen LogP contribution in [0.3, 0.4) is 0 Å². The Bertz CT molecular complexity index is 1020. The van der Waals surface area contributed by atoms with Crippen molar-refractivity contribution in [2.45, 2.75) is 57.0 Å². The molecule has 1 N–H and O–H groups in total. The molecule has 1 aromatic carbocycles. The number of hydrogen-bond acceptors (Lipinski definition) is 6. The lowest BCUT2D eigenvalue weighted by Crippen LogP contribution is -2.15. The number of benzene rings is 1. The van der Waals surface area contributed by atoms with Crippen LogP contribution in [0.5, 0.6) is 0 Å². The van der Waals surface area contributed by atoms with Crippen LogP contribution in [0.1, 0.15) is 65.7 Å². The van der Waals surface area contributed by atoms with Crippen LogP contribution >= 0.6 is 11.8 Å². The highest BCUT2D eigenvalue weighted by molar-refractivity contribution is 7.99. The van der Waals surface area contributed by atoms with Gasteiger partial charge in [0.05, 0.1) is 5.69 Å². The predicted octanol–water partition coefficient (Wildman–Crippen LogP) is 4.77. The molecule has 0 radical (unpaired) electrons. The molecule has 0 bridgehead atoms. The molecule has 2 heterocycles. The maximum atomic E-state index is 12.2. The Hall–Kier alpha value is -2.80. The van der Waals surface area contributed by atoms with Gasteiger partial charge >= 0.3 is 0 Å². The van der Waals surface area contributed by atoms with Crippen LogP contribution in [-0.4, -0.2) is 31.5 Å². The fourth-order valence-corrected chi connectivity index (χ4v) is 4.03. The Labute approximate surface area is 187 Å². The van der Waals surface area contributed by atoms with Gasteiger partial charge in [0.2, 0.25) is 0 Å². The van der Waals surface area contributed by atoms with Crippen molar-refractivity contribution < 1.29 is 4.79 Å². The molecular weight excluding hydrogens is 408 g/mol. The molecule has 0 atom stereocenters. The molecule has 0 aliphatic carbocycles. The summed E-state index contributed by atoms with van der Waals surface area (Å²) in [5.41, 5.74) is 3.19. The van der Waals surface area contributed by atoms with Crippen LogP contribution in [0.15, 0.2) is 59.0 Å². The molecule has 0 spiro atoms. The number of nitrogens with one attached hydrogen (secondary N) is 1. The molecule has 0 saturated heterocycles. The molecular formula is C24H28N4O2S. The topological polar surface area (TPSA) is 88.6 Å². The van der Waals surface area contributed by atoms with E-state index in [0.717, 1.165) is 49.1 Å². The number of hydrogen-bond donors (Lipinski definition) is 1. The SMILES string of the molecule is Cc1ccc(C(=O)CCCCCCCSc2ncc(Cc3cnccn3)c(=O)[nH]2)cc1. The minimum Gasteiger partial charge on any atom is -0.301 e. The van der Waals surface area contributed by atoms with Gasteiger partial charge in [0.15, 0.2) is 10.9 Å². The Morgan fingerprint density at radius 2 is 1.74 bits per heavy atom. The van der Waals surface area contributed by atoms with Crippen LogP contribution in [0.4, 0.5) is 0 Å². The summed E-state index contributed by atoms with van der Waals surface area (Å²) in [4.78, 5) is 39.8. The van der Waals surface area contributed by atoms with E-state index in [-0.39, 0.29) is 11.3 Å². The predicted molar refractivity (Wildman–Crippen MR) is 124 cm³/mol. The number of ketones is 1. The average Bonchev–Trinajstić information content (AvgIpc) is 2.78. The summed E-state index contributed by atoms with van der Waals surface area (Å²) in [5.74, 6) is 1.14. The van der Waals surface area contributed by atoms with E-state index >= 15 is 0 Å². The van der Waals surface area contributed by atoms with E-state index in [2.05, 4.69) is 19.9 Å². The molecule has 0 aliphatic heterocycles. The Morgan fingerprint density at radius 1 is 0.968 bits per heavy atom. The minimum atomic E-state index is -0.124. The largest absolute Gasteiger partial charge is 0.301 e. The van der Waals surface area contributed by atoms with Gasteiger partial charge in [-0.2, -0.15) is 0 Å². The van der Waals surface area contributed by atoms with Gasteiger partial charge in [-0.1, -0.05) is 60.9 Å². The van der Waals surface area contributed by atoms with E-state index in [4.69, 9.17) is 0 Å². The first-order valence-corrected chi connectivity index (χ1v) is 11.7. The number of carbonyl (C=O) groups excluding carboxylic acids is 1. The van der Waals surface area contributed by atoms with E-state index in [1.165, 1.54) is 5.56 Å². The van der Waals surface area contributed by atoms with Gasteiger partial charge in [0, 0.05) is 54.5 Å². The average molecular weight is 437 g/mol. The normalized spacial score (nSPS) is 10.9. The van der Waals surface area contributed by atoms with Crippen molar-refractivity contribution in [1.29, 1.82) is 0 Å². The Morgan fingerprint density at radius 3 is 2.48 bits per heavy atom. The molecule has 0 saturated carbocycles. The zero-order chi connectivity index (χ0) is 21.9. The highest BCUT2D eigenvalue weighted by atomic mass is 32.2. The van der Waals surface area contributed by atoms with E-state index in [1.54, 1.807) is 36.5 Å². The number of carbonyl (C=O) groups is 1. The lowest BCUT2D eigenvalue weighted by atomic mass is 10.0. The second-order valence-corrected chi connectivity index (χ2v) is 8.66. The van der Waals surface area contributed by atoms with Crippen LogP contribution in [0.25, 0.3) is 0 Å². The third kappa shape index (κ3) is 7.75. The molecule has 0 amide bonds. The Balaban J connectivity index is 1.28. The zero-order valence-corrected chi connectivity index (χ0v) is 18.7. The standard InChI is InChI=1S/C24H28N4O2S/c1-18-8-10-19(11-9-18)22(29)7-5-3-2-4-6-14-31-24-27-16-20(23(30)28-24)15-21-17-25-12-13-26-21/h8-13,16-17H,2-7,14-15H2,1H3,(H,27,28,30). The summed E-state index contributed by atoms with van der Waals surface area (Å²) in [5, 5.41) is 0.650. The molecule has 2 aromatic heterocycles. The summed E-state index contributed by atoms with van der Waals surface area (Å²) >= 11 is 1.57. The number of thioether (sulfide) groups is 1. The van der Waals surface area contributed by atoms with Gasteiger partial charge < -0.3 is 4.98 Å². The molecule has 0 unspecified atom stereocenters. The maximum absolute atomic E-state index is 12.2. The van der Waals surface area contributed by atoms with Crippen molar-refractivity contribution in [3.63, 3.8) is 0 Å². The van der Waals surface area contributed by atoms with Gasteiger partial charge in [-0.25, -0.2) is 4.98 Å². The number of aromatic amines is 1. The number of aryl methyl sites for hydroxylation is 1. The number of nitrogens with zero attached hydrogens (tertiary/aromatic N) is 3. The van der Waals surface area contributed by atoms with Gasteiger partial charge in [0.25, 0.3) is 5.56 Å². The van der Waals surface area contributed by atoms with Crippen LogP contribution in [-0.2, 0) is 6.42 Å². The van der Waals surface area contributed by atoms with Crippen molar-refractivity contribution in [2.75, 3.05) is 5.75 Å². The van der Waals surface area contributed by atoms with Crippen molar-refractivity contribution in [2.24, 2.45) is 0 Å². The summed E-state index contributed by atoms with van der Waals surface area (Å²) < 4.78 is 0. The molecule has 3 rings (SSSR count). The fourth-order valence-electron chi connectivity index (χ4n) is 3.19. The molecule has 31 heavy (non-hydrogen) atoms. The van der Waals surface area contributed by atoms with Crippen LogP contribution in [0, 0.1) is 6.92 Å². The highest BCUT2D eigenvalue weighted by Crippen LogP contribution is 2.16. The monoisotopic (exact) mass is 436 g/mol. The van der Waals surface area contributed by atoms with Gasteiger partial charge in [-0.3, -0.25) is 19.6 Å². The van der Waals surface area contributed by atoms with Gasteiger partial charge in [-0.15, -0.1) is 0 Å². The van der Waals surface area contributed by atoms with E-state index in [0.29, 0.717) is 23.6 Å². The number of unbranched alkanes of at least 4 members (excludes halogenated alkanes) is 4. The molecule has 162 valence electrons. The molecule has 7 heteroatoms. The van der Waals surface area contributed by atoms with E-state index < -0.39 is 0 Å². The lowest BCUT2D eigenvalue weighted by Gasteiger charge is -2.04. The van der Waals surface area contributed by atoms with Crippen molar-refractivity contribution in [1.82, 2.24) is 19.9 Å². The molecule has 0 fully saturated rings. The quantitative estimate of drug-likeness (QED) is 0.190. The molecule has 0 aliphatic rings. The summed E-state index contributed by atoms with van der Waals surface area (Å²) in [6.45, 7) is 2.02. The first kappa shape index (κ1) is 22.9. The number of rotatable bonds is 12. The van der Waals surface area contributed by atoms with Gasteiger partial charge in [0.1, 0.15) is 0 Å². The zero-order valence-electron chi connectivity index (χ0n) is 17.8. The lowest BCUT2D eigenvalue weighted by molar-refractivity contribution is 0.0979. The third-order valence-corrected chi connectivity index (χ3v) is 5.97. The molecule has 6 nitrogen and oxygen atoms in total. The minimum absolute atomic E-state index is 0.124. The van der Waals surface area contributed by atoms with Crippen molar-refractivity contribution >= 4 is 17.5 Å². The second kappa shape index (κ2) is 12.2. The van der Waals surface area contributed by atoms with Crippen LogP contribution < -0.4 is 5.56 Å². The number of H-pyrrole nitrogens is 1. The van der Waals surface area contributed by atoms with Crippen molar-refractivity contribution in [3.8, 4) is 0 Å². The second-order valence-electron chi connectivity index (χ2n) is 7.57. The van der Waals surface area contributed by atoms with E-state index in [9.17, 15) is 9.59 Å². The maximum Gasteiger partial charge on any atom is 0.255 e. The Kier molecular flexibility index (Phi) is 8.97. The third-order valence-electron chi connectivity index (χ3n) is 5.00. The number of Topliss-reactive ketones (excluding diaryl/α,β-unsaturated/α-hetero) is 1.